The summed E-state index contributed by atoms with van der Waals surface area (Å²) < 4.78 is 37.3. The zero-order valence-corrected chi connectivity index (χ0v) is 15.9. The number of rotatable bonds is 8. The number of ether oxygens (including phenoxy) is 2. The highest BCUT2D eigenvalue weighted by Crippen LogP contribution is 2.27. The molecule has 0 radical (unpaired) electrons. The summed E-state index contributed by atoms with van der Waals surface area (Å²) in [5, 5.41) is 3.13. The van der Waals surface area contributed by atoms with Crippen LogP contribution in [0.25, 0.3) is 0 Å². The van der Waals surface area contributed by atoms with E-state index in [-0.39, 0.29) is 17.2 Å². The molecule has 0 aromatic heterocycles. The van der Waals surface area contributed by atoms with Gasteiger partial charge in [0.1, 0.15) is 16.4 Å². The Balaban J connectivity index is 2.01. The molecule has 0 spiro atoms. The first-order valence-electron chi connectivity index (χ1n) is 7.59. The summed E-state index contributed by atoms with van der Waals surface area (Å²) in [5.41, 5.74) is 0.736. The van der Waals surface area contributed by atoms with Crippen LogP contribution in [0.4, 0.5) is 0 Å². The predicted octanol–water partition coefficient (Wildman–Crippen LogP) is 1.95. The second kappa shape index (κ2) is 8.88. The Hall–Kier alpha value is -2.29. The maximum absolute atomic E-state index is 12.5. The van der Waals surface area contributed by atoms with Crippen molar-refractivity contribution in [3.8, 4) is 11.5 Å². The Morgan fingerprint density at radius 3 is 2.50 bits per heavy atom. The monoisotopic (exact) mass is 398 g/mol. The molecule has 0 aliphatic carbocycles. The van der Waals surface area contributed by atoms with Crippen molar-refractivity contribution in [1.82, 2.24) is 10.0 Å². The van der Waals surface area contributed by atoms with Crippen LogP contribution in [0.5, 0.6) is 11.5 Å². The lowest BCUT2D eigenvalue weighted by Crippen LogP contribution is -2.36. The van der Waals surface area contributed by atoms with E-state index in [1.54, 1.807) is 30.3 Å². The van der Waals surface area contributed by atoms with E-state index in [0.29, 0.717) is 10.8 Å². The van der Waals surface area contributed by atoms with Gasteiger partial charge in [0, 0.05) is 17.6 Å². The SMILES string of the molecule is COc1ccc(OC)c(S(=O)(=O)NCC(=O)NCc2ccccc2Cl)c1. The summed E-state index contributed by atoms with van der Waals surface area (Å²) in [6, 6.07) is 11.4. The van der Waals surface area contributed by atoms with Gasteiger partial charge in [-0.2, -0.15) is 0 Å². The van der Waals surface area contributed by atoms with Gasteiger partial charge < -0.3 is 14.8 Å². The second-order valence-electron chi connectivity index (χ2n) is 5.21. The number of carbonyl (C=O) groups is 1. The Morgan fingerprint density at radius 2 is 1.85 bits per heavy atom. The average molecular weight is 399 g/mol. The van der Waals surface area contributed by atoms with Crippen LogP contribution >= 0.6 is 11.6 Å². The van der Waals surface area contributed by atoms with E-state index >= 15 is 0 Å². The van der Waals surface area contributed by atoms with Crippen molar-refractivity contribution in [3.05, 3.63) is 53.1 Å². The third-order valence-electron chi connectivity index (χ3n) is 3.52. The van der Waals surface area contributed by atoms with Gasteiger partial charge in [-0.05, 0) is 23.8 Å². The van der Waals surface area contributed by atoms with Gasteiger partial charge in [-0.1, -0.05) is 29.8 Å². The lowest BCUT2D eigenvalue weighted by molar-refractivity contribution is -0.120. The quantitative estimate of drug-likeness (QED) is 0.708. The molecular weight excluding hydrogens is 380 g/mol. The number of amides is 1. The lowest BCUT2D eigenvalue weighted by Gasteiger charge is -2.12. The fraction of sp³-hybridized carbons (Fsp3) is 0.235. The van der Waals surface area contributed by atoms with Crippen molar-refractivity contribution in [3.63, 3.8) is 0 Å². The molecule has 0 saturated heterocycles. The zero-order chi connectivity index (χ0) is 19.2. The molecule has 7 nitrogen and oxygen atoms in total. The summed E-state index contributed by atoms with van der Waals surface area (Å²) in [6.07, 6.45) is 0. The number of carbonyl (C=O) groups excluding carboxylic acids is 1. The summed E-state index contributed by atoms with van der Waals surface area (Å²) in [6.45, 7) is -0.226. The van der Waals surface area contributed by atoms with Crippen LogP contribution in [0.3, 0.4) is 0 Å². The standard InChI is InChI=1S/C17H19ClN2O5S/c1-24-13-7-8-15(25-2)16(9-13)26(22,23)20-11-17(21)19-10-12-5-3-4-6-14(12)18/h3-9,20H,10-11H2,1-2H3,(H,19,21). The Kier molecular flexibility index (Phi) is 6.84. The third kappa shape index (κ3) is 5.10. The van der Waals surface area contributed by atoms with E-state index in [4.69, 9.17) is 21.1 Å². The van der Waals surface area contributed by atoms with Gasteiger partial charge in [0.05, 0.1) is 20.8 Å². The fourth-order valence-corrected chi connectivity index (χ4v) is 3.50. The van der Waals surface area contributed by atoms with E-state index in [2.05, 4.69) is 10.0 Å². The minimum absolute atomic E-state index is 0.113. The summed E-state index contributed by atoms with van der Waals surface area (Å²) in [7, 11) is -1.18. The number of benzene rings is 2. The molecule has 2 aromatic rings. The zero-order valence-electron chi connectivity index (χ0n) is 14.3. The molecule has 1 amide bonds. The molecule has 2 aromatic carbocycles. The van der Waals surface area contributed by atoms with Crippen molar-refractivity contribution in [2.75, 3.05) is 20.8 Å². The molecule has 0 saturated carbocycles. The predicted molar refractivity (Wildman–Crippen MR) is 98.0 cm³/mol. The van der Waals surface area contributed by atoms with Gasteiger partial charge in [-0.25, -0.2) is 13.1 Å². The molecule has 140 valence electrons. The van der Waals surface area contributed by atoms with Crippen LogP contribution < -0.4 is 19.5 Å². The molecule has 2 N–H and O–H groups in total. The molecule has 0 unspecified atom stereocenters. The van der Waals surface area contributed by atoms with E-state index in [1.165, 1.54) is 26.4 Å². The first-order valence-corrected chi connectivity index (χ1v) is 9.45. The van der Waals surface area contributed by atoms with E-state index in [1.807, 2.05) is 0 Å². The molecule has 0 fully saturated rings. The minimum Gasteiger partial charge on any atom is -0.497 e. The number of sulfonamides is 1. The maximum Gasteiger partial charge on any atom is 0.244 e. The largest absolute Gasteiger partial charge is 0.497 e. The van der Waals surface area contributed by atoms with Crippen LogP contribution in [0.2, 0.25) is 5.02 Å². The van der Waals surface area contributed by atoms with Gasteiger partial charge in [-0.15, -0.1) is 0 Å². The topological polar surface area (TPSA) is 93.7 Å². The van der Waals surface area contributed by atoms with Crippen molar-refractivity contribution in [2.24, 2.45) is 0 Å². The van der Waals surface area contributed by atoms with Crippen molar-refractivity contribution in [1.29, 1.82) is 0 Å². The summed E-state index contributed by atoms with van der Waals surface area (Å²) in [4.78, 5) is 11.8. The molecule has 0 aliphatic rings. The van der Waals surface area contributed by atoms with Gasteiger partial charge in [-0.3, -0.25) is 4.79 Å². The molecule has 0 aliphatic heterocycles. The minimum atomic E-state index is -3.96. The Morgan fingerprint density at radius 1 is 1.12 bits per heavy atom. The Labute approximate surface area is 157 Å². The van der Waals surface area contributed by atoms with Crippen LogP contribution in [-0.4, -0.2) is 35.1 Å². The average Bonchev–Trinajstić information content (AvgIpc) is 2.65. The normalized spacial score (nSPS) is 11.0. The highest BCUT2D eigenvalue weighted by atomic mass is 35.5. The van der Waals surface area contributed by atoms with Gasteiger partial charge in [0.2, 0.25) is 15.9 Å². The molecule has 2 rings (SSSR count). The maximum atomic E-state index is 12.5. The molecule has 26 heavy (non-hydrogen) atoms. The highest BCUT2D eigenvalue weighted by Gasteiger charge is 2.21. The lowest BCUT2D eigenvalue weighted by atomic mass is 10.2. The number of halogens is 1. The number of methoxy groups -OCH3 is 2. The fourth-order valence-electron chi connectivity index (χ4n) is 2.13. The first kappa shape index (κ1) is 20.0. The van der Waals surface area contributed by atoms with Crippen molar-refractivity contribution >= 4 is 27.5 Å². The van der Waals surface area contributed by atoms with Crippen molar-refractivity contribution in [2.45, 2.75) is 11.4 Å². The van der Waals surface area contributed by atoms with Crippen LogP contribution in [0, 0.1) is 0 Å². The van der Waals surface area contributed by atoms with E-state index < -0.39 is 22.5 Å². The molecule has 0 bridgehead atoms. The van der Waals surface area contributed by atoms with Gasteiger partial charge in [0.25, 0.3) is 0 Å². The second-order valence-corrected chi connectivity index (χ2v) is 7.35. The summed E-state index contributed by atoms with van der Waals surface area (Å²) in [5.74, 6) is 0.0134. The number of hydrogen-bond acceptors (Lipinski definition) is 5. The van der Waals surface area contributed by atoms with Crippen LogP contribution in [0.1, 0.15) is 5.56 Å². The summed E-state index contributed by atoms with van der Waals surface area (Å²) >= 11 is 6.01. The van der Waals surface area contributed by atoms with Crippen LogP contribution in [0.15, 0.2) is 47.4 Å². The van der Waals surface area contributed by atoms with Crippen molar-refractivity contribution < 1.29 is 22.7 Å². The van der Waals surface area contributed by atoms with Crippen LogP contribution in [-0.2, 0) is 21.4 Å². The third-order valence-corrected chi connectivity index (χ3v) is 5.31. The Bertz CT molecular complexity index is 886. The molecular formula is C17H19ClN2O5S. The van der Waals surface area contributed by atoms with E-state index in [9.17, 15) is 13.2 Å². The van der Waals surface area contributed by atoms with Gasteiger partial charge >= 0.3 is 0 Å². The molecule has 0 heterocycles. The number of hydrogen-bond donors (Lipinski definition) is 2. The molecule has 9 heteroatoms. The smallest absolute Gasteiger partial charge is 0.244 e. The first-order chi connectivity index (χ1) is 12.4. The van der Waals surface area contributed by atoms with Gasteiger partial charge in [0.15, 0.2) is 0 Å². The number of nitrogens with one attached hydrogen (secondary N) is 2. The van der Waals surface area contributed by atoms with E-state index in [0.717, 1.165) is 5.56 Å². The molecule has 0 atom stereocenters. The highest BCUT2D eigenvalue weighted by molar-refractivity contribution is 7.89.